The summed E-state index contributed by atoms with van der Waals surface area (Å²) in [5.74, 6) is 1.30. The summed E-state index contributed by atoms with van der Waals surface area (Å²) in [7, 11) is 1.90. The standard InChI is InChI=1S/C15H15ClN4/c1-11(8-9-17)20(2)14-10-13(16)18-15(19-14)12-6-4-3-5-7-12/h3-7,10-11H,8H2,1-2H3. The summed E-state index contributed by atoms with van der Waals surface area (Å²) in [6.45, 7) is 1.97. The molecule has 0 aliphatic heterocycles. The molecule has 0 saturated heterocycles. The van der Waals surface area contributed by atoms with Gasteiger partial charge in [0.2, 0.25) is 0 Å². The van der Waals surface area contributed by atoms with Gasteiger partial charge in [0.15, 0.2) is 5.82 Å². The Morgan fingerprint density at radius 1 is 1.30 bits per heavy atom. The molecular weight excluding hydrogens is 272 g/mol. The first-order valence-electron chi connectivity index (χ1n) is 6.31. The van der Waals surface area contributed by atoms with E-state index >= 15 is 0 Å². The van der Waals surface area contributed by atoms with Gasteiger partial charge in [0.05, 0.1) is 12.5 Å². The third kappa shape index (κ3) is 3.25. The molecule has 1 unspecified atom stereocenters. The van der Waals surface area contributed by atoms with E-state index in [9.17, 15) is 0 Å². The van der Waals surface area contributed by atoms with Crippen molar-refractivity contribution in [3.8, 4) is 17.5 Å². The monoisotopic (exact) mass is 286 g/mol. The van der Waals surface area contributed by atoms with Crippen molar-refractivity contribution >= 4 is 17.4 Å². The smallest absolute Gasteiger partial charge is 0.163 e. The van der Waals surface area contributed by atoms with Gasteiger partial charge in [0.25, 0.3) is 0 Å². The molecule has 0 N–H and O–H groups in total. The van der Waals surface area contributed by atoms with Gasteiger partial charge in [-0.3, -0.25) is 0 Å². The van der Waals surface area contributed by atoms with Crippen LogP contribution in [0.3, 0.4) is 0 Å². The van der Waals surface area contributed by atoms with Crippen LogP contribution in [0.5, 0.6) is 0 Å². The first kappa shape index (κ1) is 14.3. The fraction of sp³-hybridized carbons (Fsp3) is 0.267. The molecule has 0 aliphatic rings. The van der Waals surface area contributed by atoms with Crippen LogP contribution >= 0.6 is 11.6 Å². The number of anilines is 1. The van der Waals surface area contributed by atoms with E-state index in [1.165, 1.54) is 0 Å². The molecule has 0 radical (unpaired) electrons. The second-order valence-corrected chi connectivity index (χ2v) is 4.95. The number of rotatable bonds is 4. The Morgan fingerprint density at radius 3 is 2.65 bits per heavy atom. The van der Waals surface area contributed by atoms with Gasteiger partial charge in [-0.2, -0.15) is 5.26 Å². The molecule has 2 aromatic rings. The summed E-state index contributed by atoms with van der Waals surface area (Å²) >= 11 is 6.08. The lowest BCUT2D eigenvalue weighted by atomic mass is 10.2. The largest absolute Gasteiger partial charge is 0.356 e. The number of hydrogen-bond donors (Lipinski definition) is 0. The SMILES string of the molecule is CC(CC#N)N(C)c1cc(Cl)nc(-c2ccccc2)n1. The van der Waals surface area contributed by atoms with Gasteiger partial charge in [0, 0.05) is 24.7 Å². The summed E-state index contributed by atoms with van der Waals surface area (Å²) in [6, 6.07) is 13.6. The highest BCUT2D eigenvalue weighted by Gasteiger charge is 2.14. The molecule has 2 rings (SSSR count). The number of aromatic nitrogens is 2. The van der Waals surface area contributed by atoms with E-state index in [2.05, 4.69) is 16.0 Å². The van der Waals surface area contributed by atoms with Crippen molar-refractivity contribution in [1.82, 2.24) is 9.97 Å². The predicted molar refractivity (Wildman–Crippen MR) is 80.6 cm³/mol. The maximum Gasteiger partial charge on any atom is 0.163 e. The zero-order chi connectivity index (χ0) is 14.5. The lowest BCUT2D eigenvalue weighted by Crippen LogP contribution is -2.29. The van der Waals surface area contributed by atoms with Crippen LogP contribution in [0.4, 0.5) is 5.82 Å². The first-order chi connectivity index (χ1) is 9.61. The average Bonchev–Trinajstić information content (AvgIpc) is 2.47. The zero-order valence-corrected chi connectivity index (χ0v) is 12.2. The third-order valence-electron chi connectivity index (χ3n) is 3.12. The van der Waals surface area contributed by atoms with Crippen molar-refractivity contribution in [3.63, 3.8) is 0 Å². The highest BCUT2D eigenvalue weighted by molar-refractivity contribution is 6.29. The van der Waals surface area contributed by atoms with Crippen LogP contribution in [0.2, 0.25) is 5.15 Å². The van der Waals surface area contributed by atoms with Crippen molar-refractivity contribution in [2.24, 2.45) is 0 Å². The Balaban J connectivity index is 2.37. The lowest BCUT2D eigenvalue weighted by molar-refractivity contribution is 0.693. The summed E-state index contributed by atoms with van der Waals surface area (Å²) in [4.78, 5) is 10.7. The molecule has 4 nitrogen and oxygen atoms in total. The molecule has 1 atom stereocenters. The summed E-state index contributed by atoms with van der Waals surface area (Å²) in [6.07, 6.45) is 0.429. The Morgan fingerprint density at radius 2 is 2.00 bits per heavy atom. The minimum atomic E-state index is 0.0644. The number of nitriles is 1. The van der Waals surface area contributed by atoms with Gasteiger partial charge >= 0.3 is 0 Å². The molecule has 1 aromatic heterocycles. The summed E-state index contributed by atoms with van der Waals surface area (Å²) in [5.41, 5.74) is 0.914. The van der Waals surface area contributed by atoms with Gasteiger partial charge in [-0.05, 0) is 6.92 Å². The van der Waals surface area contributed by atoms with Crippen LogP contribution in [0.15, 0.2) is 36.4 Å². The molecule has 0 amide bonds. The Labute approximate surface area is 123 Å². The van der Waals surface area contributed by atoms with Crippen LogP contribution in [-0.2, 0) is 0 Å². The summed E-state index contributed by atoms with van der Waals surface area (Å²) < 4.78 is 0. The average molecular weight is 287 g/mol. The van der Waals surface area contributed by atoms with Gasteiger partial charge in [-0.15, -0.1) is 0 Å². The van der Waals surface area contributed by atoms with Crippen LogP contribution in [0.25, 0.3) is 11.4 Å². The topological polar surface area (TPSA) is 52.8 Å². The molecule has 5 heteroatoms. The maximum atomic E-state index is 8.78. The fourth-order valence-corrected chi connectivity index (χ4v) is 1.98. The minimum absolute atomic E-state index is 0.0644. The highest BCUT2D eigenvalue weighted by Crippen LogP contribution is 2.23. The van der Waals surface area contributed by atoms with Gasteiger partial charge in [0.1, 0.15) is 11.0 Å². The van der Waals surface area contributed by atoms with Crippen LogP contribution < -0.4 is 4.90 Å². The second kappa shape index (κ2) is 6.36. The third-order valence-corrected chi connectivity index (χ3v) is 3.32. The minimum Gasteiger partial charge on any atom is -0.356 e. The van der Waals surface area contributed by atoms with Gasteiger partial charge < -0.3 is 4.90 Å². The van der Waals surface area contributed by atoms with Crippen molar-refractivity contribution < 1.29 is 0 Å². The van der Waals surface area contributed by atoms with E-state index in [-0.39, 0.29) is 6.04 Å². The van der Waals surface area contributed by atoms with Crippen LogP contribution in [-0.4, -0.2) is 23.1 Å². The number of benzene rings is 1. The predicted octanol–water partition coefficient (Wildman–Crippen LogP) is 3.54. The molecule has 0 fully saturated rings. The highest BCUT2D eigenvalue weighted by atomic mass is 35.5. The quantitative estimate of drug-likeness (QED) is 0.807. The van der Waals surface area contributed by atoms with E-state index in [0.717, 1.165) is 5.56 Å². The van der Waals surface area contributed by atoms with Crippen molar-refractivity contribution in [2.75, 3.05) is 11.9 Å². The van der Waals surface area contributed by atoms with E-state index in [1.54, 1.807) is 6.07 Å². The normalized spacial score (nSPS) is 11.7. The molecule has 0 spiro atoms. The molecule has 0 bridgehead atoms. The first-order valence-corrected chi connectivity index (χ1v) is 6.69. The molecular formula is C15H15ClN4. The van der Waals surface area contributed by atoms with Gasteiger partial charge in [-0.1, -0.05) is 41.9 Å². The molecule has 1 aromatic carbocycles. The molecule has 0 saturated carbocycles. The zero-order valence-electron chi connectivity index (χ0n) is 11.4. The van der Waals surface area contributed by atoms with Crippen LogP contribution in [0, 0.1) is 11.3 Å². The van der Waals surface area contributed by atoms with Gasteiger partial charge in [-0.25, -0.2) is 9.97 Å². The Kier molecular flexibility index (Phi) is 4.54. The van der Waals surface area contributed by atoms with Crippen molar-refractivity contribution in [2.45, 2.75) is 19.4 Å². The second-order valence-electron chi connectivity index (χ2n) is 4.56. The van der Waals surface area contributed by atoms with Crippen molar-refractivity contribution in [1.29, 1.82) is 5.26 Å². The Hall–Kier alpha value is -2.12. The molecule has 1 heterocycles. The van der Waals surface area contributed by atoms with E-state index < -0.39 is 0 Å². The van der Waals surface area contributed by atoms with Crippen molar-refractivity contribution in [3.05, 3.63) is 41.6 Å². The molecule has 102 valence electrons. The fourth-order valence-electron chi connectivity index (χ4n) is 1.80. The molecule has 0 aliphatic carbocycles. The van der Waals surface area contributed by atoms with E-state index in [4.69, 9.17) is 16.9 Å². The van der Waals surface area contributed by atoms with Crippen LogP contribution in [0.1, 0.15) is 13.3 Å². The number of nitrogens with zero attached hydrogens (tertiary/aromatic N) is 4. The number of halogens is 1. The van der Waals surface area contributed by atoms with E-state index in [1.807, 2.05) is 49.2 Å². The Bertz CT molecular complexity index is 622. The van der Waals surface area contributed by atoms with E-state index in [0.29, 0.717) is 23.2 Å². The maximum absolute atomic E-state index is 8.78. The summed E-state index contributed by atoms with van der Waals surface area (Å²) in [5, 5.41) is 9.18. The lowest BCUT2D eigenvalue weighted by Gasteiger charge is -2.24. The molecule has 20 heavy (non-hydrogen) atoms. The number of hydrogen-bond acceptors (Lipinski definition) is 4.